The summed E-state index contributed by atoms with van der Waals surface area (Å²) in [7, 11) is 4.26. The van der Waals surface area contributed by atoms with Crippen LogP contribution in [0.25, 0.3) is 0 Å². The fourth-order valence-corrected chi connectivity index (χ4v) is 2.25. The van der Waals surface area contributed by atoms with Crippen molar-refractivity contribution in [3.8, 4) is 12.3 Å². The van der Waals surface area contributed by atoms with Crippen LogP contribution in [0.2, 0.25) is 0 Å². The first-order valence-corrected chi connectivity index (χ1v) is 6.50. The van der Waals surface area contributed by atoms with E-state index in [1.165, 1.54) is 0 Å². The average Bonchev–Trinajstić information content (AvgIpc) is 2.83. The van der Waals surface area contributed by atoms with Crippen molar-refractivity contribution in [2.75, 3.05) is 33.7 Å². The van der Waals surface area contributed by atoms with E-state index in [0.29, 0.717) is 24.2 Å². The summed E-state index contributed by atoms with van der Waals surface area (Å²) in [5.41, 5.74) is 5.84. The predicted octanol–water partition coefficient (Wildman–Crippen LogP) is -0.119. The molecule has 2 atom stereocenters. The van der Waals surface area contributed by atoms with Gasteiger partial charge in [-0.25, -0.2) is 0 Å². The second-order valence-electron chi connectivity index (χ2n) is 5.16. The van der Waals surface area contributed by atoms with E-state index in [1.807, 2.05) is 0 Å². The van der Waals surface area contributed by atoms with Crippen LogP contribution in [-0.4, -0.2) is 59.7 Å². The fraction of sp³-hybridized carbons (Fsp3) is 0.692. The third-order valence-electron chi connectivity index (χ3n) is 3.54. The van der Waals surface area contributed by atoms with E-state index in [0.717, 1.165) is 26.1 Å². The molecule has 0 aromatic carbocycles. The maximum absolute atomic E-state index is 5.84. The molecule has 2 unspecified atom stereocenters. The molecule has 104 valence electrons. The molecule has 1 saturated heterocycles. The zero-order valence-electron chi connectivity index (χ0n) is 11.5. The Kier molecular flexibility index (Phi) is 4.53. The smallest absolute Gasteiger partial charge is 0.244 e. The summed E-state index contributed by atoms with van der Waals surface area (Å²) in [5.74, 6) is 3.64. The molecule has 1 aliphatic rings. The third kappa shape index (κ3) is 3.53. The van der Waals surface area contributed by atoms with Crippen LogP contribution in [0.15, 0.2) is 4.52 Å². The molecule has 19 heavy (non-hydrogen) atoms. The Morgan fingerprint density at radius 1 is 1.53 bits per heavy atom. The van der Waals surface area contributed by atoms with E-state index in [9.17, 15) is 0 Å². The molecule has 0 amide bonds. The fourth-order valence-electron chi connectivity index (χ4n) is 2.25. The van der Waals surface area contributed by atoms with E-state index in [4.69, 9.17) is 16.7 Å². The average molecular weight is 263 g/mol. The maximum Gasteiger partial charge on any atom is 0.244 e. The highest BCUT2D eigenvalue weighted by Gasteiger charge is 2.24. The molecular formula is C13H21N5O. The highest BCUT2D eigenvalue weighted by Crippen LogP contribution is 2.14. The lowest BCUT2D eigenvalue weighted by Gasteiger charge is -2.37. The van der Waals surface area contributed by atoms with Gasteiger partial charge in [0.25, 0.3) is 0 Å². The highest BCUT2D eigenvalue weighted by molar-refractivity contribution is 5.00. The molecule has 6 nitrogen and oxygen atoms in total. The number of nitrogens with two attached hydrogens (primary N) is 1. The Morgan fingerprint density at radius 2 is 2.32 bits per heavy atom. The van der Waals surface area contributed by atoms with Crippen molar-refractivity contribution in [3.05, 3.63) is 11.7 Å². The van der Waals surface area contributed by atoms with E-state index in [1.54, 1.807) is 0 Å². The minimum absolute atomic E-state index is 0.363. The summed E-state index contributed by atoms with van der Waals surface area (Å²) in [4.78, 5) is 8.98. The van der Waals surface area contributed by atoms with Gasteiger partial charge in [-0.2, -0.15) is 4.98 Å². The van der Waals surface area contributed by atoms with Crippen LogP contribution in [0, 0.1) is 12.3 Å². The van der Waals surface area contributed by atoms with Crippen molar-refractivity contribution in [1.82, 2.24) is 19.9 Å². The van der Waals surface area contributed by atoms with Crippen LogP contribution in [0.4, 0.5) is 0 Å². The van der Waals surface area contributed by atoms with Crippen molar-refractivity contribution < 1.29 is 4.52 Å². The summed E-state index contributed by atoms with van der Waals surface area (Å²) in [6.45, 7) is 3.16. The predicted molar refractivity (Wildman–Crippen MR) is 72.3 cm³/mol. The van der Waals surface area contributed by atoms with Gasteiger partial charge in [-0.15, -0.1) is 12.3 Å². The summed E-state index contributed by atoms with van der Waals surface area (Å²) >= 11 is 0. The van der Waals surface area contributed by atoms with Gasteiger partial charge in [-0.1, -0.05) is 5.16 Å². The molecule has 1 aromatic rings. The first-order chi connectivity index (χ1) is 9.10. The zero-order chi connectivity index (χ0) is 13.8. The van der Waals surface area contributed by atoms with Crippen molar-refractivity contribution in [3.63, 3.8) is 0 Å². The molecule has 2 rings (SSSR count). The van der Waals surface area contributed by atoms with Gasteiger partial charge in [0.2, 0.25) is 5.89 Å². The first-order valence-electron chi connectivity index (χ1n) is 6.50. The molecule has 1 aliphatic heterocycles. The van der Waals surface area contributed by atoms with Crippen LogP contribution in [0.3, 0.4) is 0 Å². The standard InChI is InChI=1S/C13H21N5O/c1-4-5-11(14)13-15-12(16-19-13)8-10-9-17(2)6-7-18(10)3/h1,10-11H,5-9,14H2,2-3H3. The molecule has 6 heteroatoms. The molecule has 0 spiro atoms. The lowest BCUT2D eigenvalue weighted by atomic mass is 10.1. The lowest BCUT2D eigenvalue weighted by molar-refractivity contribution is 0.113. The van der Waals surface area contributed by atoms with Crippen molar-refractivity contribution >= 4 is 0 Å². The molecule has 2 heterocycles. The Hall–Kier alpha value is -1.42. The molecule has 1 fully saturated rings. The number of likely N-dealkylation sites (N-methyl/N-ethyl adjacent to an activating group) is 2. The second-order valence-corrected chi connectivity index (χ2v) is 5.16. The molecule has 0 radical (unpaired) electrons. The minimum Gasteiger partial charge on any atom is -0.338 e. The SMILES string of the molecule is C#CCC(N)c1nc(CC2CN(C)CCN2C)no1. The third-order valence-corrected chi connectivity index (χ3v) is 3.54. The Balaban J connectivity index is 1.97. The summed E-state index contributed by atoms with van der Waals surface area (Å²) in [6.07, 6.45) is 6.41. The quantitative estimate of drug-likeness (QED) is 0.764. The number of nitrogens with zero attached hydrogens (tertiary/aromatic N) is 4. The van der Waals surface area contributed by atoms with Gasteiger partial charge in [0.1, 0.15) is 0 Å². The van der Waals surface area contributed by atoms with E-state index >= 15 is 0 Å². The van der Waals surface area contributed by atoms with Crippen LogP contribution in [0.5, 0.6) is 0 Å². The van der Waals surface area contributed by atoms with Crippen molar-refractivity contribution in [2.45, 2.75) is 24.9 Å². The molecular weight excluding hydrogens is 242 g/mol. The zero-order valence-corrected chi connectivity index (χ0v) is 11.5. The molecule has 0 bridgehead atoms. The van der Waals surface area contributed by atoms with Gasteiger partial charge in [0.05, 0.1) is 6.04 Å². The first kappa shape index (κ1) is 14.0. The molecule has 0 saturated carbocycles. The summed E-state index contributed by atoms with van der Waals surface area (Å²) < 4.78 is 5.17. The Bertz CT molecular complexity index is 452. The van der Waals surface area contributed by atoms with Crippen LogP contribution in [0.1, 0.15) is 24.2 Å². The number of terminal acetylenes is 1. The number of piperazine rings is 1. The number of hydrogen-bond donors (Lipinski definition) is 1. The summed E-state index contributed by atoms with van der Waals surface area (Å²) in [6, 6.07) is 0.0473. The molecule has 0 aliphatic carbocycles. The van der Waals surface area contributed by atoms with Gasteiger partial charge in [0.15, 0.2) is 5.82 Å². The topological polar surface area (TPSA) is 71.4 Å². The Morgan fingerprint density at radius 3 is 3.05 bits per heavy atom. The summed E-state index contributed by atoms with van der Waals surface area (Å²) in [5, 5.41) is 3.99. The van der Waals surface area contributed by atoms with Crippen molar-refractivity contribution in [2.24, 2.45) is 5.73 Å². The van der Waals surface area contributed by atoms with Gasteiger partial charge in [-0.05, 0) is 14.1 Å². The molecule has 2 N–H and O–H groups in total. The van der Waals surface area contributed by atoms with Gasteiger partial charge in [-0.3, -0.25) is 0 Å². The van der Waals surface area contributed by atoms with Crippen LogP contribution in [-0.2, 0) is 6.42 Å². The largest absolute Gasteiger partial charge is 0.338 e. The monoisotopic (exact) mass is 263 g/mol. The van der Waals surface area contributed by atoms with E-state index in [2.05, 4.69) is 40.0 Å². The van der Waals surface area contributed by atoms with E-state index in [-0.39, 0.29) is 6.04 Å². The lowest BCUT2D eigenvalue weighted by Crippen LogP contribution is -2.50. The van der Waals surface area contributed by atoms with Gasteiger partial charge >= 0.3 is 0 Å². The van der Waals surface area contributed by atoms with Crippen molar-refractivity contribution in [1.29, 1.82) is 0 Å². The maximum atomic E-state index is 5.84. The number of rotatable bonds is 4. The van der Waals surface area contributed by atoms with Gasteiger partial charge < -0.3 is 20.1 Å². The normalized spacial score (nSPS) is 23.2. The second kappa shape index (κ2) is 6.15. The number of aromatic nitrogens is 2. The molecule has 1 aromatic heterocycles. The Labute approximate surface area is 113 Å². The number of hydrogen-bond acceptors (Lipinski definition) is 6. The van der Waals surface area contributed by atoms with Crippen LogP contribution < -0.4 is 5.73 Å². The van der Waals surface area contributed by atoms with Crippen LogP contribution >= 0.6 is 0 Å². The minimum atomic E-state index is -0.363. The van der Waals surface area contributed by atoms with E-state index < -0.39 is 0 Å². The van der Waals surface area contributed by atoms with Gasteiger partial charge in [0, 0.05) is 38.5 Å². The highest BCUT2D eigenvalue weighted by atomic mass is 16.5.